The molecule has 0 aromatic heterocycles. The highest BCUT2D eigenvalue weighted by molar-refractivity contribution is 5.98. The average molecular weight is 386 g/mol. The second-order valence-electron chi connectivity index (χ2n) is 6.48. The van der Waals surface area contributed by atoms with Crippen LogP contribution >= 0.6 is 0 Å². The molecule has 28 heavy (non-hydrogen) atoms. The first-order valence-electron chi connectivity index (χ1n) is 8.71. The lowest BCUT2D eigenvalue weighted by Gasteiger charge is -2.19. The number of aryl methyl sites for hydroxylation is 1. The van der Waals surface area contributed by atoms with Crippen LogP contribution < -0.4 is 15.4 Å². The molecular formula is C20H19FN2O5. The number of hydrogen-bond acceptors (Lipinski definition) is 4. The minimum Gasteiger partial charge on any atom is -0.482 e. The summed E-state index contributed by atoms with van der Waals surface area (Å²) >= 11 is 0. The van der Waals surface area contributed by atoms with E-state index in [0.29, 0.717) is 24.3 Å². The molecule has 0 fully saturated rings. The van der Waals surface area contributed by atoms with Gasteiger partial charge in [-0.1, -0.05) is 12.1 Å². The third-order valence-electron chi connectivity index (χ3n) is 4.42. The highest BCUT2D eigenvalue weighted by atomic mass is 19.1. The normalized spacial score (nSPS) is 13.9. The lowest BCUT2D eigenvalue weighted by molar-refractivity contribution is -0.139. The molecule has 8 heteroatoms. The van der Waals surface area contributed by atoms with E-state index < -0.39 is 30.3 Å². The van der Waals surface area contributed by atoms with Gasteiger partial charge in [-0.3, -0.25) is 9.59 Å². The van der Waals surface area contributed by atoms with Crippen LogP contribution in [-0.4, -0.2) is 29.5 Å². The van der Waals surface area contributed by atoms with Gasteiger partial charge in [0.25, 0.3) is 5.91 Å². The molecule has 2 aromatic carbocycles. The van der Waals surface area contributed by atoms with Crippen molar-refractivity contribution in [2.45, 2.75) is 25.8 Å². The summed E-state index contributed by atoms with van der Waals surface area (Å²) in [6, 6.07) is 8.82. The van der Waals surface area contributed by atoms with E-state index in [2.05, 4.69) is 10.6 Å². The summed E-state index contributed by atoms with van der Waals surface area (Å²) < 4.78 is 19.4. The number of fused-ring (bicyclic) bond motifs is 1. The molecule has 0 aliphatic carbocycles. The van der Waals surface area contributed by atoms with Crippen molar-refractivity contribution >= 4 is 23.5 Å². The fourth-order valence-electron chi connectivity index (χ4n) is 2.93. The van der Waals surface area contributed by atoms with Crippen molar-refractivity contribution in [3.8, 4) is 5.75 Å². The van der Waals surface area contributed by atoms with Crippen molar-refractivity contribution in [2.24, 2.45) is 0 Å². The van der Waals surface area contributed by atoms with E-state index in [1.807, 2.05) is 0 Å². The summed E-state index contributed by atoms with van der Waals surface area (Å²) in [5.41, 5.74) is 1.79. The quantitative estimate of drug-likeness (QED) is 0.708. The van der Waals surface area contributed by atoms with Gasteiger partial charge in [-0.05, 0) is 48.7 Å². The van der Waals surface area contributed by atoms with Gasteiger partial charge < -0.3 is 20.5 Å². The third kappa shape index (κ3) is 4.46. The molecule has 7 nitrogen and oxygen atoms in total. The van der Waals surface area contributed by atoms with Crippen LogP contribution in [0, 0.1) is 5.82 Å². The van der Waals surface area contributed by atoms with Gasteiger partial charge in [-0.2, -0.15) is 0 Å². The number of nitrogens with one attached hydrogen (secondary N) is 2. The highest BCUT2D eigenvalue weighted by Gasteiger charge is 2.21. The van der Waals surface area contributed by atoms with Gasteiger partial charge >= 0.3 is 5.97 Å². The Morgan fingerprint density at radius 1 is 1.25 bits per heavy atom. The van der Waals surface area contributed by atoms with Crippen LogP contribution in [0.3, 0.4) is 0 Å². The maximum absolute atomic E-state index is 14.3. The first-order chi connectivity index (χ1) is 13.3. The van der Waals surface area contributed by atoms with Crippen molar-refractivity contribution < 1.29 is 28.6 Å². The third-order valence-corrected chi connectivity index (χ3v) is 4.42. The number of carboxylic acids is 1. The van der Waals surface area contributed by atoms with Gasteiger partial charge in [-0.25, -0.2) is 9.18 Å². The van der Waals surface area contributed by atoms with Crippen molar-refractivity contribution in [2.75, 3.05) is 11.9 Å². The molecule has 3 rings (SSSR count). The van der Waals surface area contributed by atoms with E-state index in [0.717, 1.165) is 11.1 Å². The van der Waals surface area contributed by atoms with Crippen LogP contribution in [-0.2, 0) is 16.0 Å². The molecule has 1 unspecified atom stereocenters. The topological polar surface area (TPSA) is 105 Å². The van der Waals surface area contributed by atoms with Gasteiger partial charge in [0.1, 0.15) is 11.6 Å². The Morgan fingerprint density at radius 2 is 1.96 bits per heavy atom. The first-order valence-corrected chi connectivity index (χ1v) is 8.71. The van der Waals surface area contributed by atoms with E-state index in [1.54, 1.807) is 31.2 Å². The Bertz CT molecular complexity index is 927. The lowest BCUT2D eigenvalue weighted by atomic mass is 9.99. The Kier molecular flexibility index (Phi) is 5.58. The number of hydrogen-bond donors (Lipinski definition) is 3. The maximum Gasteiger partial charge on any atom is 0.341 e. The largest absolute Gasteiger partial charge is 0.482 e. The number of amides is 2. The Hall–Kier alpha value is -3.42. The minimum atomic E-state index is -1.07. The van der Waals surface area contributed by atoms with E-state index in [4.69, 9.17) is 9.84 Å². The lowest BCUT2D eigenvalue weighted by Crippen LogP contribution is -2.28. The molecule has 0 spiro atoms. The van der Waals surface area contributed by atoms with E-state index in [9.17, 15) is 18.8 Å². The van der Waals surface area contributed by atoms with Crippen LogP contribution in [0.5, 0.6) is 5.75 Å². The van der Waals surface area contributed by atoms with Crippen molar-refractivity contribution in [1.29, 1.82) is 0 Å². The zero-order valence-corrected chi connectivity index (χ0v) is 15.1. The predicted octanol–water partition coefficient (Wildman–Crippen LogP) is 2.66. The second kappa shape index (κ2) is 8.08. The van der Waals surface area contributed by atoms with Crippen LogP contribution in [0.2, 0.25) is 0 Å². The van der Waals surface area contributed by atoms with Gasteiger partial charge in [0.15, 0.2) is 6.61 Å². The molecule has 0 radical (unpaired) electrons. The number of ether oxygens (including phenoxy) is 1. The zero-order valence-electron chi connectivity index (χ0n) is 15.1. The van der Waals surface area contributed by atoms with Crippen molar-refractivity contribution in [1.82, 2.24) is 5.32 Å². The summed E-state index contributed by atoms with van der Waals surface area (Å²) in [6.45, 7) is 1.31. The van der Waals surface area contributed by atoms with Crippen LogP contribution in [0.1, 0.15) is 40.9 Å². The second-order valence-corrected chi connectivity index (χ2v) is 6.48. The summed E-state index contributed by atoms with van der Waals surface area (Å²) in [5.74, 6) is -2.11. The van der Waals surface area contributed by atoms with Gasteiger partial charge in [-0.15, -0.1) is 0 Å². The molecule has 1 aliphatic heterocycles. The number of anilines is 1. The van der Waals surface area contributed by atoms with Gasteiger partial charge in [0.05, 0.1) is 11.6 Å². The molecule has 0 saturated heterocycles. The summed E-state index contributed by atoms with van der Waals surface area (Å²) in [6.07, 6.45) is 0.751. The number of rotatable bonds is 6. The van der Waals surface area contributed by atoms with Crippen molar-refractivity contribution in [3.63, 3.8) is 0 Å². The van der Waals surface area contributed by atoms with Crippen LogP contribution in [0.4, 0.5) is 10.1 Å². The van der Waals surface area contributed by atoms with Gasteiger partial charge in [0.2, 0.25) is 5.91 Å². The smallest absolute Gasteiger partial charge is 0.341 e. The van der Waals surface area contributed by atoms with E-state index in [1.165, 1.54) is 12.1 Å². The number of halogens is 1. The summed E-state index contributed by atoms with van der Waals surface area (Å²) in [5, 5.41) is 13.9. The van der Waals surface area contributed by atoms with E-state index in [-0.39, 0.29) is 11.5 Å². The molecule has 146 valence electrons. The Labute approximate surface area is 160 Å². The molecule has 3 N–H and O–H groups in total. The van der Waals surface area contributed by atoms with Crippen LogP contribution in [0.15, 0.2) is 36.4 Å². The number of aliphatic carboxylic acids is 1. The molecule has 0 saturated carbocycles. The number of benzene rings is 2. The molecule has 1 aliphatic rings. The van der Waals surface area contributed by atoms with E-state index >= 15 is 0 Å². The zero-order chi connectivity index (χ0) is 20.3. The highest BCUT2D eigenvalue weighted by Crippen LogP contribution is 2.26. The van der Waals surface area contributed by atoms with Gasteiger partial charge in [0, 0.05) is 12.1 Å². The predicted molar refractivity (Wildman–Crippen MR) is 98.8 cm³/mol. The summed E-state index contributed by atoms with van der Waals surface area (Å²) in [4.78, 5) is 34.4. The van der Waals surface area contributed by atoms with Crippen LogP contribution in [0.25, 0.3) is 0 Å². The van der Waals surface area contributed by atoms with Crippen molar-refractivity contribution in [3.05, 3.63) is 58.9 Å². The molecule has 2 amide bonds. The molecule has 2 aromatic rings. The SMILES string of the molecule is CC(NC(=O)c1cc2c(cc1F)NC(=O)CC2)c1ccc(OCC(=O)O)cc1. The molecule has 1 atom stereocenters. The molecule has 1 heterocycles. The number of carboxylic acid groups (broad SMARTS) is 1. The molecular weight excluding hydrogens is 367 g/mol. The molecule has 0 bridgehead atoms. The first kappa shape index (κ1) is 19.3. The summed E-state index contributed by atoms with van der Waals surface area (Å²) in [7, 11) is 0. The standard InChI is InChI=1S/C20H19FN2O5/c1-11(12-2-5-14(6-3-12)28-10-19(25)26)22-20(27)15-8-13-4-7-18(24)23-17(13)9-16(15)21/h2-3,5-6,8-9,11H,4,7,10H2,1H3,(H,22,27)(H,23,24)(H,25,26). The monoisotopic (exact) mass is 386 g/mol. The fourth-order valence-corrected chi connectivity index (χ4v) is 2.93. The number of carbonyl (C=O) groups excluding carboxylic acids is 2. The minimum absolute atomic E-state index is 0.0804. The number of carbonyl (C=O) groups is 3. The Balaban J connectivity index is 1.69. The average Bonchev–Trinajstić information content (AvgIpc) is 2.66. The maximum atomic E-state index is 14.3. The Morgan fingerprint density at radius 3 is 2.64 bits per heavy atom. The fraction of sp³-hybridized carbons (Fsp3) is 0.250.